The Hall–Kier alpha value is -3.38. The van der Waals surface area contributed by atoms with Crippen molar-refractivity contribution in [3.8, 4) is 0 Å². The van der Waals surface area contributed by atoms with Crippen molar-refractivity contribution in [3.63, 3.8) is 0 Å². The number of pyridine rings is 1. The van der Waals surface area contributed by atoms with Crippen molar-refractivity contribution in [1.82, 2.24) is 9.88 Å². The average molecular weight is 395 g/mol. The summed E-state index contributed by atoms with van der Waals surface area (Å²) in [5, 5.41) is 11.4. The van der Waals surface area contributed by atoms with Crippen LogP contribution in [0.15, 0.2) is 77.2 Å². The lowest BCUT2D eigenvalue weighted by molar-refractivity contribution is -0.140. The summed E-state index contributed by atoms with van der Waals surface area (Å²) in [5.41, 5.74) is 1.08. The molecule has 1 amide bonds. The highest BCUT2D eigenvalue weighted by atomic mass is 35.5. The van der Waals surface area contributed by atoms with Crippen LogP contribution in [0, 0.1) is 0 Å². The van der Waals surface area contributed by atoms with Crippen LogP contribution in [0.25, 0.3) is 5.76 Å². The Kier molecular flexibility index (Phi) is 4.71. The molecule has 140 valence electrons. The van der Waals surface area contributed by atoms with E-state index in [-0.39, 0.29) is 17.9 Å². The smallest absolute Gasteiger partial charge is 0.296 e. The number of aliphatic hydroxyl groups excluding tert-OH is 1. The third-order valence-electron chi connectivity index (χ3n) is 4.59. The Morgan fingerprint density at radius 3 is 2.46 bits per heavy atom. The zero-order valence-electron chi connectivity index (χ0n) is 14.6. The Labute approximate surface area is 165 Å². The number of aliphatic hydroxyl groups is 1. The molecular weight excluding hydrogens is 380 g/mol. The number of furan rings is 1. The van der Waals surface area contributed by atoms with Crippen molar-refractivity contribution >= 4 is 29.1 Å². The molecule has 3 heterocycles. The van der Waals surface area contributed by atoms with E-state index in [1.807, 2.05) is 0 Å². The molecule has 3 aromatic rings. The van der Waals surface area contributed by atoms with Crippen LogP contribution >= 0.6 is 11.6 Å². The summed E-state index contributed by atoms with van der Waals surface area (Å²) in [5.74, 6) is -1.17. The van der Waals surface area contributed by atoms with Crippen LogP contribution in [-0.2, 0) is 16.1 Å². The third kappa shape index (κ3) is 3.18. The summed E-state index contributed by atoms with van der Waals surface area (Å²) in [7, 11) is 0. The first-order valence-electron chi connectivity index (χ1n) is 8.53. The van der Waals surface area contributed by atoms with Crippen LogP contribution in [0.2, 0.25) is 5.02 Å². The highest BCUT2D eigenvalue weighted by Crippen LogP contribution is 2.40. The van der Waals surface area contributed by atoms with E-state index >= 15 is 0 Å². The van der Waals surface area contributed by atoms with E-state index in [9.17, 15) is 14.7 Å². The van der Waals surface area contributed by atoms with Crippen molar-refractivity contribution in [2.45, 2.75) is 12.6 Å². The van der Waals surface area contributed by atoms with Crippen molar-refractivity contribution < 1.29 is 19.1 Å². The van der Waals surface area contributed by atoms with Gasteiger partial charge in [0, 0.05) is 23.0 Å². The largest absolute Gasteiger partial charge is 0.507 e. The fourth-order valence-electron chi connectivity index (χ4n) is 3.27. The molecule has 1 unspecified atom stereocenters. The maximum Gasteiger partial charge on any atom is 0.296 e. The molecular formula is C21H15ClN2O4. The number of carbonyl (C=O) groups is 2. The standard InChI is InChI=1S/C21H15ClN2O4/c22-15-5-3-13(4-6-15)18-17(19(25)14-7-9-23-10-8-14)20(26)21(27)24(18)12-16-2-1-11-28-16/h1-11,18,25H,12H2/b19-17-. The number of aromatic nitrogens is 1. The number of ketones is 1. The number of rotatable bonds is 4. The number of amides is 1. The van der Waals surface area contributed by atoms with Gasteiger partial charge < -0.3 is 14.4 Å². The quantitative estimate of drug-likeness (QED) is 0.411. The minimum absolute atomic E-state index is 0.0186. The molecule has 0 spiro atoms. The molecule has 4 rings (SSSR count). The fraction of sp³-hybridized carbons (Fsp3) is 0.0952. The summed E-state index contributed by atoms with van der Waals surface area (Å²) in [6.07, 6.45) is 4.51. The summed E-state index contributed by atoms with van der Waals surface area (Å²) >= 11 is 5.99. The maximum absolute atomic E-state index is 12.8. The molecule has 0 saturated carbocycles. The lowest BCUT2D eigenvalue weighted by Crippen LogP contribution is -2.29. The molecule has 1 atom stereocenters. The van der Waals surface area contributed by atoms with E-state index in [2.05, 4.69) is 4.98 Å². The van der Waals surface area contributed by atoms with E-state index in [1.54, 1.807) is 48.5 Å². The molecule has 0 radical (unpaired) electrons. The fourth-order valence-corrected chi connectivity index (χ4v) is 3.40. The minimum atomic E-state index is -0.768. The number of hydrogen-bond acceptors (Lipinski definition) is 5. The van der Waals surface area contributed by atoms with Gasteiger partial charge >= 0.3 is 0 Å². The molecule has 1 aliphatic rings. The number of benzene rings is 1. The van der Waals surface area contributed by atoms with Gasteiger partial charge in [-0.1, -0.05) is 23.7 Å². The summed E-state index contributed by atoms with van der Waals surface area (Å²) in [4.78, 5) is 30.9. The normalized spacial score (nSPS) is 18.6. The predicted molar refractivity (Wildman–Crippen MR) is 102 cm³/mol. The lowest BCUT2D eigenvalue weighted by Gasteiger charge is -2.24. The first-order valence-corrected chi connectivity index (χ1v) is 8.90. The SMILES string of the molecule is O=C1C(=O)N(Cc2ccco2)C(c2ccc(Cl)cc2)/C1=C(/O)c1ccncc1. The van der Waals surface area contributed by atoms with Gasteiger partial charge in [0.2, 0.25) is 0 Å². The Morgan fingerprint density at radius 2 is 1.82 bits per heavy atom. The molecule has 1 saturated heterocycles. The highest BCUT2D eigenvalue weighted by Gasteiger charge is 2.46. The van der Waals surface area contributed by atoms with Gasteiger partial charge in [-0.05, 0) is 42.0 Å². The first kappa shape index (κ1) is 18.0. The zero-order valence-corrected chi connectivity index (χ0v) is 15.3. The van der Waals surface area contributed by atoms with Crippen LogP contribution in [-0.4, -0.2) is 26.7 Å². The van der Waals surface area contributed by atoms with Gasteiger partial charge in [0.25, 0.3) is 11.7 Å². The molecule has 7 heteroatoms. The van der Waals surface area contributed by atoms with Crippen LogP contribution in [0.4, 0.5) is 0 Å². The molecule has 0 aliphatic carbocycles. The van der Waals surface area contributed by atoms with Crippen molar-refractivity contribution in [2.75, 3.05) is 0 Å². The van der Waals surface area contributed by atoms with Crippen LogP contribution < -0.4 is 0 Å². The molecule has 1 N–H and O–H groups in total. The monoisotopic (exact) mass is 394 g/mol. The number of likely N-dealkylation sites (tertiary alicyclic amines) is 1. The lowest BCUT2D eigenvalue weighted by atomic mass is 9.95. The summed E-state index contributed by atoms with van der Waals surface area (Å²) in [6.45, 7) is 0.0952. The van der Waals surface area contributed by atoms with Gasteiger partial charge in [-0.2, -0.15) is 0 Å². The van der Waals surface area contributed by atoms with Crippen LogP contribution in [0.1, 0.15) is 22.9 Å². The van der Waals surface area contributed by atoms with E-state index in [1.165, 1.54) is 23.6 Å². The van der Waals surface area contributed by atoms with Crippen molar-refractivity contribution in [1.29, 1.82) is 0 Å². The van der Waals surface area contributed by atoms with E-state index in [0.717, 1.165) is 0 Å². The molecule has 6 nitrogen and oxygen atoms in total. The molecule has 0 bridgehead atoms. The second-order valence-electron chi connectivity index (χ2n) is 6.29. The van der Waals surface area contributed by atoms with Gasteiger partial charge in [0.15, 0.2) is 0 Å². The first-order chi connectivity index (χ1) is 13.6. The van der Waals surface area contributed by atoms with Gasteiger partial charge in [-0.3, -0.25) is 14.6 Å². The van der Waals surface area contributed by atoms with Crippen LogP contribution in [0.5, 0.6) is 0 Å². The third-order valence-corrected chi connectivity index (χ3v) is 4.84. The van der Waals surface area contributed by atoms with Gasteiger partial charge in [0.05, 0.1) is 24.4 Å². The second kappa shape index (κ2) is 7.32. The number of Topliss-reactive ketones (excluding diaryl/α,β-unsaturated/α-hetero) is 1. The van der Waals surface area contributed by atoms with Gasteiger partial charge in [0.1, 0.15) is 11.5 Å². The number of hydrogen-bond donors (Lipinski definition) is 1. The number of halogens is 1. The molecule has 2 aromatic heterocycles. The highest BCUT2D eigenvalue weighted by molar-refractivity contribution is 6.46. The average Bonchev–Trinajstić information content (AvgIpc) is 3.31. The maximum atomic E-state index is 12.8. The predicted octanol–water partition coefficient (Wildman–Crippen LogP) is 3.95. The number of carbonyl (C=O) groups excluding carboxylic acids is 2. The zero-order chi connectivity index (χ0) is 19.7. The Balaban J connectivity index is 1.86. The Bertz CT molecular complexity index is 1040. The van der Waals surface area contributed by atoms with E-state index in [4.69, 9.17) is 16.0 Å². The molecule has 1 aromatic carbocycles. The molecule has 1 aliphatic heterocycles. The van der Waals surface area contributed by atoms with Gasteiger partial charge in [-0.15, -0.1) is 0 Å². The molecule has 28 heavy (non-hydrogen) atoms. The number of nitrogens with zero attached hydrogens (tertiary/aromatic N) is 2. The van der Waals surface area contributed by atoms with Crippen molar-refractivity contribution in [3.05, 3.63) is 94.7 Å². The van der Waals surface area contributed by atoms with Crippen LogP contribution in [0.3, 0.4) is 0 Å². The minimum Gasteiger partial charge on any atom is -0.507 e. The van der Waals surface area contributed by atoms with Crippen molar-refractivity contribution in [2.24, 2.45) is 0 Å². The summed E-state index contributed by atoms with van der Waals surface area (Å²) < 4.78 is 5.35. The topological polar surface area (TPSA) is 83.6 Å². The second-order valence-corrected chi connectivity index (χ2v) is 6.73. The Morgan fingerprint density at radius 1 is 1.11 bits per heavy atom. The van der Waals surface area contributed by atoms with Gasteiger partial charge in [-0.25, -0.2) is 0 Å². The summed E-state index contributed by atoms with van der Waals surface area (Å²) in [6, 6.07) is 12.6. The van der Waals surface area contributed by atoms with E-state index < -0.39 is 17.7 Å². The molecule has 1 fully saturated rings. The van der Waals surface area contributed by atoms with E-state index in [0.29, 0.717) is 21.9 Å².